The smallest absolute Gasteiger partial charge is 0.0407 e. The second-order valence-corrected chi connectivity index (χ2v) is 6.53. The Morgan fingerprint density at radius 1 is 1.40 bits per heavy atom. The third-order valence-corrected chi connectivity index (χ3v) is 5.48. The lowest BCUT2D eigenvalue weighted by atomic mass is 9.84. The molecule has 0 aromatic carbocycles. The van der Waals surface area contributed by atoms with Crippen molar-refractivity contribution in [2.45, 2.75) is 37.5 Å². The van der Waals surface area contributed by atoms with Crippen LogP contribution in [0.4, 0.5) is 0 Å². The van der Waals surface area contributed by atoms with Crippen molar-refractivity contribution in [2.24, 2.45) is 17.8 Å². The van der Waals surface area contributed by atoms with Crippen LogP contribution in [-0.2, 0) is 6.42 Å². The minimum atomic E-state index is 0.384. The van der Waals surface area contributed by atoms with Crippen LogP contribution in [0, 0.1) is 17.8 Å². The third-order valence-electron chi connectivity index (χ3n) is 4.27. The summed E-state index contributed by atoms with van der Waals surface area (Å²) in [5.74, 6) is 2.78. The van der Waals surface area contributed by atoms with Crippen molar-refractivity contribution in [3.8, 4) is 0 Å². The van der Waals surface area contributed by atoms with Crippen molar-refractivity contribution in [1.82, 2.24) is 0 Å². The van der Waals surface area contributed by atoms with Crippen molar-refractivity contribution in [3.63, 3.8) is 0 Å². The molecular formula is C13H17ClS. The zero-order valence-corrected chi connectivity index (χ0v) is 10.4. The van der Waals surface area contributed by atoms with Crippen molar-refractivity contribution in [1.29, 1.82) is 0 Å². The molecule has 1 heterocycles. The Morgan fingerprint density at radius 2 is 2.33 bits per heavy atom. The van der Waals surface area contributed by atoms with Crippen LogP contribution >= 0.6 is 22.9 Å². The molecule has 2 saturated carbocycles. The van der Waals surface area contributed by atoms with E-state index in [9.17, 15) is 0 Å². The van der Waals surface area contributed by atoms with E-state index in [1.807, 2.05) is 0 Å². The fourth-order valence-electron chi connectivity index (χ4n) is 3.52. The molecule has 2 heteroatoms. The van der Waals surface area contributed by atoms with E-state index in [1.54, 1.807) is 11.3 Å². The molecule has 2 bridgehead atoms. The highest BCUT2D eigenvalue weighted by atomic mass is 35.5. The highest BCUT2D eigenvalue weighted by Crippen LogP contribution is 2.50. The molecule has 0 nitrogen and oxygen atoms in total. The van der Waals surface area contributed by atoms with Crippen LogP contribution in [-0.4, -0.2) is 5.38 Å². The minimum Gasteiger partial charge on any atom is -0.152 e. The summed E-state index contributed by atoms with van der Waals surface area (Å²) in [7, 11) is 0. The number of alkyl halides is 1. The predicted octanol–water partition coefficient (Wildman–Crippen LogP) is 4.33. The first-order valence-corrected chi connectivity index (χ1v) is 7.36. The van der Waals surface area contributed by atoms with Crippen LogP contribution in [0.3, 0.4) is 0 Å². The van der Waals surface area contributed by atoms with Gasteiger partial charge in [0.1, 0.15) is 0 Å². The fourth-order valence-corrected chi connectivity index (χ4v) is 4.69. The fraction of sp³-hybridized carbons (Fsp3) is 0.692. The van der Waals surface area contributed by atoms with Gasteiger partial charge in [-0.2, -0.15) is 11.3 Å². The molecule has 4 atom stereocenters. The van der Waals surface area contributed by atoms with Crippen molar-refractivity contribution >= 4 is 22.9 Å². The Bertz CT molecular complexity index is 319. The summed E-state index contributed by atoms with van der Waals surface area (Å²) >= 11 is 8.36. The molecule has 0 amide bonds. The molecule has 1 aromatic rings. The van der Waals surface area contributed by atoms with E-state index in [4.69, 9.17) is 11.6 Å². The lowest BCUT2D eigenvalue weighted by Gasteiger charge is -2.26. The van der Waals surface area contributed by atoms with E-state index in [-0.39, 0.29) is 0 Å². The molecule has 0 spiro atoms. The first-order valence-electron chi connectivity index (χ1n) is 5.98. The number of thiophene rings is 1. The maximum atomic E-state index is 6.58. The Kier molecular flexibility index (Phi) is 2.78. The second kappa shape index (κ2) is 4.10. The summed E-state index contributed by atoms with van der Waals surface area (Å²) in [6.45, 7) is 0. The van der Waals surface area contributed by atoms with Gasteiger partial charge in [-0.25, -0.2) is 0 Å². The number of hydrogen-bond acceptors (Lipinski definition) is 1. The van der Waals surface area contributed by atoms with E-state index in [0.717, 1.165) is 24.2 Å². The Hall–Kier alpha value is -0.0100. The van der Waals surface area contributed by atoms with Gasteiger partial charge in [0.05, 0.1) is 0 Å². The minimum absolute atomic E-state index is 0.384. The molecule has 2 fully saturated rings. The molecular weight excluding hydrogens is 224 g/mol. The average Bonchev–Trinajstić information content (AvgIpc) is 2.93. The summed E-state index contributed by atoms with van der Waals surface area (Å²) in [4.78, 5) is 0. The van der Waals surface area contributed by atoms with Crippen LogP contribution in [0.25, 0.3) is 0 Å². The standard InChI is InChI=1S/C13H17ClS/c14-13(7-10-3-4-15-8-10)12-6-9-1-2-11(12)5-9/h3-4,8-9,11-13H,1-2,5-7H2. The molecule has 3 rings (SSSR count). The summed E-state index contributed by atoms with van der Waals surface area (Å²) < 4.78 is 0. The maximum absolute atomic E-state index is 6.58. The molecule has 15 heavy (non-hydrogen) atoms. The summed E-state index contributed by atoms with van der Waals surface area (Å²) in [5.41, 5.74) is 1.43. The molecule has 0 N–H and O–H groups in total. The van der Waals surface area contributed by atoms with E-state index in [1.165, 1.54) is 31.2 Å². The molecule has 82 valence electrons. The van der Waals surface area contributed by atoms with Gasteiger partial charge in [0.2, 0.25) is 0 Å². The average molecular weight is 241 g/mol. The van der Waals surface area contributed by atoms with Crippen LogP contribution in [0.1, 0.15) is 31.2 Å². The largest absolute Gasteiger partial charge is 0.152 e. The Morgan fingerprint density at radius 3 is 2.93 bits per heavy atom. The molecule has 2 aliphatic carbocycles. The Balaban J connectivity index is 1.63. The first kappa shape index (κ1) is 10.2. The van der Waals surface area contributed by atoms with Crippen molar-refractivity contribution in [3.05, 3.63) is 22.4 Å². The Labute approximate surface area is 101 Å². The van der Waals surface area contributed by atoms with Gasteiger partial charge in [-0.3, -0.25) is 0 Å². The highest BCUT2D eigenvalue weighted by Gasteiger charge is 2.42. The van der Waals surface area contributed by atoms with Gasteiger partial charge in [0.15, 0.2) is 0 Å². The summed E-state index contributed by atoms with van der Waals surface area (Å²) in [5, 5.41) is 4.78. The molecule has 0 saturated heterocycles. The first-order chi connectivity index (χ1) is 7.33. The number of fused-ring (bicyclic) bond motifs is 2. The van der Waals surface area contributed by atoms with Gasteiger partial charge >= 0.3 is 0 Å². The van der Waals surface area contributed by atoms with E-state index in [2.05, 4.69) is 16.8 Å². The van der Waals surface area contributed by atoms with Gasteiger partial charge in [-0.1, -0.05) is 6.42 Å². The second-order valence-electron chi connectivity index (χ2n) is 5.19. The van der Waals surface area contributed by atoms with E-state index < -0.39 is 0 Å². The number of halogens is 1. The topological polar surface area (TPSA) is 0 Å². The van der Waals surface area contributed by atoms with Gasteiger partial charge < -0.3 is 0 Å². The summed E-state index contributed by atoms with van der Waals surface area (Å²) in [6, 6.07) is 2.22. The quantitative estimate of drug-likeness (QED) is 0.690. The number of hydrogen-bond donors (Lipinski definition) is 0. The van der Waals surface area contributed by atoms with E-state index >= 15 is 0 Å². The highest BCUT2D eigenvalue weighted by molar-refractivity contribution is 7.07. The molecule has 0 radical (unpaired) electrons. The van der Waals surface area contributed by atoms with Gasteiger partial charge in [0, 0.05) is 5.38 Å². The zero-order chi connectivity index (χ0) is 10.3. The molecule has 1 aromatic heterocycles. The maximum Gasteiger partial charge on any atom is 0.0407 e. The van der Waals surface area contributed by atoms with Crippen LogP contribution in [0.15, 0.2) is 16.8 Å². The van der Waals surface area contributed by atoms with Gasteiger partial charge in [0.25, 0.3) is 0 Å². The monoisotopic (exact) mass is 240 g/mol. The summed E-state index contributed by atoms with van der Waals surface area (Å²) in [6.07, 6.45) is 6.88. The number of rotatable bonds is 3. The molecule has 0 aliphatic heterocycles. The predicted molar refractivity (Wildman–Crippen MR) is 66.6 cm³/mol. The van der Waals surface area contributed by atoms with Crippen LogP contribution in [0.5, 0.6) is 0 Å². The van der Waals surface area contributed by atoms with E-state index in [0.29, 0.717) is 5.38 Å². The van der Waals surface area contributed by atoms with Gasteiger partial charge in [-0.15, -0.1) is 11.6 Å². The van der Waals surface area contributed by atoms with Gasteiger partial charge in [-0.05, 0) is 65.8 Å². The zero-order valence-electron chi connectivity index (χ0n) is 8.86. The van der Waals surface area contributed by atoms with Crippen LogP contribution < -0.4 is 0 Å². The molecule has 4 unspecified atom stereocenters. The SMILES string of the molecule is ClC(Cc1ccsc1)C1CC2CCC1C2. The lowest BCUT2D eigenvalue weighted by Crippen LogP contribution is -2.23. The lowest BCUT2D eigenvalue weighted by molar-refractivity contribution is 0.320. The van der Waals surface area contributed by atoms with Crippen molar-refractivity contribution in [2.75, 3.05) is 0 Å². The molecule has 2 aliphatic rings. The van der Waals surface area contributed by atoms with Crippen molar-refractivity contribution < 1.29 is 0 Å². The van der Waals surface area contributed by atoms with Crippen LogP contribution in [0.2, 0.25) is 0 Å². The third kappa shape index (κ3) is 1.97. The normalized spacial score (nSPS) is 35.9.